The van der Waals surface area contributed by atoms with Gasteiger partial charge in [-0.1, -0.05) is 55.5 Å². The number of aliphatic hydroxyl groups is 2. The second-order valence-corrected chi connectivity index (χ2v) is 10.2. The van der Waals surface area contributed by atoms with Gasteiger partial charge in [-0.25, -0.2) is 0 Å². The number of hydrogen-bond donors (Lipinski definition) is 4. The van der Waals surface area contributed by atoms with Crippen molar-refractivity contribution in [3.8, 4) is 0 Å². The first-order chi connectivity index (χ1) is 20.2. The zero-order valence-corrected chi connectivity index (χ0v) is 23.6. The summed E-state index contributed by atoms with van der Waals surface area (Å²) in [5.41, 5.74) is 6.95. The standard InChI is InChI=1S/C33H36N4O5/c1-3-18-37-29-17-16-27(35-31(40)25-12-14-26(34)15-13-25)21-28(29)33(42,32(37)41)23(2)8-7-11-30(39)36(19-20-38)22-24-9-5-4-6-10-24/h3-10,12-17,21,23,38,42H,1,11,18-20,22,34H2,2H3,(H,35,40)/b8-7+/t23-,33+/m1/s1. The Balaban J connectivity index is 1.54. The Morgan fingerprint density at radius 1 is 1.12 bits per heavy atom. The first-order valence-electron chi connectivity index (χ1n) is 13.7. The number of nitrogens with one attached hydrogen (secondary N) is 1. The quantitative estimate of drug-likeness (QED) is 0.194. The van der Waals surface area contributed by atoms with Crippen molar-refractivity contribution in [1.29, 1.82) is 0 Å². The van der Waals surface area contributed by atoms with Gasteiger partial charge in [0, 0.05) is 54.5 Å². The van der Waals surface area contributed by atoms with Gasteiger partial charge in [0.2, 0.25) is 5.91 Å². The van der Waals surface area contributed by atoms with E-state index in [0.29, 0.717) is 34.7 Å². The number of anilines is 3. The van der Waals surface area contributed by atoms with Crippen molar-refractivity contribution in [2.75, 3.05) is 35.6 Å². The van der Waals surface area contributed by atoms with Crippen LogP contribution in [0.25, 0.3) is 0 Å². The first kappa shape index (κ1) is 30.2. The number of amides is 3. The van der Waals surface area contributed by atoms with E-state index in [2.05, 4.69) is 11.9 Å². The minimum Gasteiger partial charge on any atom is -0.399 e. The number of fused-ring (bicyclic) bond motifs is 1. The molecule has 1 aliphatic rings. The number of carbonyl (C=O) groups excluding carboxylic acids is 3. The molecule has 218 valence electrons. The number of nitrogens with zero attached hydrogens (tertiary/aromatic N) is 2. The number of nitrogens with two attached hydrogens (primary N) is 1. The molecule has 0 unspecified atom stereocenters. The van der Waals surface area contributed by atoms with E-state index in [1.807, 2.05) is 30.3 Å². The van der Waals surface area contributed by atoms with E-state index < -0.39 is 17.4 Å². The van der Waals surface area contributed by atoms with Crippen LogP contribution in [0.5, 0.6) is 0 Å². The summed E-state index contributed by atoms with van der Waals surface area (Å²) >= 11 is 0. The van der Waals surface area contributed by atoms with Crippen LogP contribution in [0.4, 0.5) is 17.1 Å². The van der Waals surface area contributed by atoms with E-state index in [1.165, 1.54) is 4.90 Å². The molecule has 0 saturated carbocycles. The highest BCUT2D eigenvalue weighted by molar-refractivity contribution is 6.09. The molecule has 9 heteroatoms. The summed E-state index contributed by atoms with van der Waals surface area (Å²) in [7, 11) is 0. The lowest BCUT2D eigenvalue weighted by molar-refractivity contribution is -0.139. The fourth-order valence-corrected chi connectivity index (χ4v) is 5.03. The predicted octanol–water partition coefficient (Wildman–Crippen LogP) is 3.84. The number of aliphatic hydroxyl groups excluding tert-OH is 1. The zero-order chi connectivity index (χ0) is 30.3. The molecule has 42 heavy (non-hydrogen) atoms. The molecule has 0 aromatic heterocycles. The number of benzene rings is 3. The molecule has 3 aromatic rings. The van der Waals surface area contributed by atoms with Crippen LogP contribution in [0.2, 0.25) is 0 Å². The van der Waals surface area contributed by atoms with E-state index in [-0.39, 0.29) is 37.9 Å². The van der Waals surface area contributed by atoms with Crippen molar-refractivity contribution >= 4 is 34.8 Å². The van der Waals surface area contributed by atoms with Crippen molar-refractivity contribution in [3.63, 3.8) is 0 Å². The van der Waals surface area contributed by atoms with Crippen molar-refractivity contribution in [2.45, 2.75) is 25.5 Å². The Bertz CT molecular complexity index is 1470. The molecular formula is C33H36N4O5. The maximum atomic E-state index is 13.6. The van der Waals surface area contributed by atoms with Gasteiger partial charge in [0.05, 0.1) is 12.3 Å². The molecule has 3 aromatic carbocycles. The summed E-state index contributed by atoms with van der Waals surface area (Å²) < 4.78 is 0. The van der Waals surface area contributed by atoms with Gasteiger partial charge in [-0.15, -0.1) is 6.58 Å². The van der Waals surface area contributed by atoms with Crippen molar-refractivity contribution in [3.05, 3.63) is 114 Å². The molecule has 5 N–H and O–H groups in total. The van der Waals surface area contributed by atoms with Crippen LogP contribution in [0, 0.1) is 5.92 Å². The van der Waals surface area contributed by atoms with Crippen molar-refractivity contribution in [1.82, 2.24) is 4.90 Å². The molecular weight excluding hydrogens is 532 g/mol. The van der Waals surface area contributed by atoms with Gasteiger partial charge in [0.25, 0.3) is 11.8 Å². The Morgan fingerprint density at radius 2 is 1.83 bits per heavy atom. The predicted molar refractivity (Wildman–Crippen MR) is 164 cm³/mol. The van der Waals surface area contributed by atoms with E-state index in [1.54, 1.807) is 72.5 Å². The molecule has 0 bridgehead atoms. The largest absolute Gasteiger partial charge is 0.399 e. The lowest BCUT2D eigenvalue weighted by atomic mass is 9.82. The van der Waals surface area contributed by atoms with Crippen LogP contribution < -0.4 is 16.0 Å². The fourth-order valence-electron chi connectivity index (χ4n) is 5.03. The third kappa shape index (κ3) is 6.43. The van der Waals surface area contributed by atoms with Gasteiger partial charge in [-0.3, -0.25) is 14.4 Å². The van der Waals surface area contributed by atoms with Gasteiger partial charge < -0.3 is 31.1 Å². The number of carbonyl (C=O) groups is 3. The van der Waals surface area contributed by atoms with Crippen LogP contribution in [0.15, 0.2) is 97.6 Å². The number of rotatable bonds is 12. The summed E-state index contributed by atoms with van der Waals surface area (Å²) in [6, 6.07) is 20.9. The van der Waals surface area contributed by atoms with Gasteiger partial charge in [0.15, 0.2) is 5.60 Å². The van der Waals surface area contributed by atoms with Crippen LogP contribution in [0.3, 0.4) is 0 Å². The Hall–Kier alpha value is -4.73. The van der Waals surface area contributed by atoms with Gasteiger partial charge >= 0.3 is 0 Å². The van der Waals surface area contributed by atoms with Crippen molar-refractivity contribution < 1.29 is 24.6 Å². The second-order valence-electron chi connectivity index (χ2n) is 10.2. The Labute approximate surface area is 245 Å². The summed E-state index contributed by atoms with van der Waals surface area (Å²) in [6.45, 7) is 6.01. The molecule has 1 aliphatic heterocycles. The number of hydrogen-bond acceptors (Lipinski definition) is 6. The first-order valence-corrected chi connectivity index (χ1v) is 13.7. The van der Waals surface area contributed by atoms with E-state index in [9.17, 15) is 24.6 Å². The molecule has 0 radical (unpaired) electrons. The molecule has 0 aliphatic carbocycles. The minimum absolute atomic E-state index is 0.0301. The van der Waals surface area contributed by atoms with Gasteiger partial charge in [0.1, 0.15) is 0 Å². The average molecular weight is 569 g/mol. The maximum Gasteiger partial charge on any atom is 0.264 e. The summed E-state index contributed by atoms with van der Waals surface area (Å²) in [4.78, 5) is 42.4. The number of nitrogen functional groups attached to an aromatic ring is 1. The summed E-state index contributed by atoms with van der Waals surface area (Å²) in [6.07, 6.45) is 4.89. The molecule has 4 rings (SSSR count). The van der Waals surface area contributed by atoms with Crippen LogP contribution >= 0.6 is 0 Å². The van der Waals surface area contributed by atoms with Gasteiger partial charge in [-0.05, 0) is 48.0 Å². The average Bonchev–Trinajstić information content (AvgIpc) is 3.20. The van der Waals surface area contributed by atoms with Crippen molar-refractivity contribution in [2.24, 2.45) is 5.92 Å². The van der Waals surface area contributed by atoms with Crippen LogP contribution in [-0.4, -0.2) is 52.5 Å². The summed E-state index contributed by atoms with van der Waals surface area (Å²) in [5, 5.41) is 24.2. The smallest absolute Gasteiger partial charge is 0.264 e. The van der Waals surface area contributed by atoms with Crippen LogP contribution in [0.1, 0.15) is 34.8 Å². The highest BCUT2D eigenvalue weighted by atomic mass is 16.3. The molecule has 1 heterocycles. The maximum absolute atomic E-state index is 13.6. The molecule has 3 amide bonds. The highest BCUT2D eigenvalue weighted by Gasteiger charge is 2.52. The fraction of sp³-hybridized carbons (Fsp3) is 0.242. The third-order valence-electron chi connectivity index (χ3n) is 7.33. The molecule has 0 fully saturated rings. The van der Waals surface area contributed by atoms with Crippen LogP contribution in [-0.2, 0) is 21.7 Å². The van der Waals surface area contributed by atoms with E-state index >= 15 is 0 Å². The summed E-state index contributed by atoms with van der Waals surface area (Å²) in [5.74, 6) is -1.79. The SMILES string of the molecule is C=CCN1C(=O)[C@](O)([C@H](C)/C=C/CC(=O)N(CCO)Cc2ccccc2)c2cc(NC(=O)c3ccc(N)cc3)ccc21. The van der Waals surface area contributed by atoms with Gasteiger partial charge in [-0.2, -0.15) is 0 Å². The second kappa shape index (κ2) is 13.3. The normalized spacial score (nSPS) is 16.7. The lowest BCUT2D eigenvalue weighted by Crippen LogP contribution is -2.44. The highest BCUT2D eigenvalue weighted by Crippen LogP contribution is 2.46. The molecule has 0 saturated heterocycles. The molecule has 0 spiro atoms. The topological polar surface area (TPSA) is 136 Å². The molecule has 2 atom stereocenters. The monoisotopic (exact) mass is 568 g/mol. The zero-order valence-electron chi connectivity index (χ0n) is 23.6. The lowest BCUT2D eigenvalue weighted by Gasteiger charge is -2.27. The van der Waals surface area contributed by atoms with E-state index in [0.717, 1.165) is 5.56 Å². The van der Waals surface area contributed by atoms with E-state index in [4.69, 9.17) is 5.73 Å². The minimum atomic E-state index is -1.94. The Morgan fingerprint density at radius 3 is 2.50 bits per heavy atom. The molecule has 9 nitrogen and oxygen atoms in total. The Kier molecular flexibility index (Phi) is 9.57. The third-order valence-corrected chi connectivity index (χ3v) is 7.33.